The molecule has 1 fully saturated rings. The maximum Gasteiger partial charge on any atom is 0.237 e. The van der Waals surface area contributed by atoms with Crippen molar-refractivity contribution in [1.82, 2.24) is 5.32 Å². The van der Waals surface area contributed by atoms with Gasteiger partial charge in [0.25, 0.3) is 0 Å². The highest BCUT2D eigenvalue weighted by Gasteiger charge is 2.56. The van der Waals surface area contributed by atoms with Gasteiger partial charge in [0.2, 0.25) is 5.91 Å². The van der Waals surface area contributed by atoms with Gasteiger partial charge in [0.15, 0.2) is 0 Å². The van der Waals surface area contributed by atoms with E-state index in [0.717, 1.165) is 5.56 Å². The van der Waals surface area contributed by atoms with Crippen LogP contribution in [0, 0.1) is 5.82 Å². The van der Waals surface area contributed by atoms with Crippen molar-refractivity contribution in [3.05, 3.63) is 63.4 Å². The van der Waals surface area contributed by atoms with Crippen LogP contribution in [0.5, 0.6) is 0 Å². The maximum atomic E-state index is 14.5. The lowest BCUT2D eigenvalue weighted by molar-refractivity contribution is -0.120. The van der Waals surface area contributed by atoms with Crippen LogP contribution >= 0.6 is 23.2 Å². The molecule has 0 aliphatic carbocycles. The smallest absolute Gasteiger partial charge is 0.237 e. The van der Waals surface area contributed by atoms with E-state index >= 15 is 0 Å². The second-order valence-electron chi connectivity index (χ2n) is 5.94. The summed E-state index contributed by atoms with van der Waals surface area (Å²) in [4.78, 5) is 12.8. The van der Waals surface area contributed by atoms with Gasteiger partial charge in [0, 0.05) is 29.7 Å². The highest BCUT2D eigenvalue weighted by Crippen LogP contribution is 2.50. The molecule has 6 heteroatoms. The number of nitrogens with one attached hydrogen (secondary N) is 2. The van der Waals surface area contributed by atoms with E-state index in [1.807, 2.05) is 6.07 Å². The van der Waals surface area contributed by atoms with Crippen LogP contribution in [0.25, 0.3) is 0 Å². The topological polar surface area (TPSA) is 41.1 Å². The monoisotopic (exact) mass is 350 g/mol. The summed E-state index contributed by atoms with van der Waals surface area (Å²) in [6, 6.07) is 10.2. The molecule has 1 amide bonds. The highest BCUT2D eigenvalue weighted by molar-refractivity contribution is 6.31. The predicted octanol–water partition coefficient (Wildman–Crippen LogP) is 3.71. The Kier molecular flexibility index (Phi) is 3.38. The first-order valence-electron chi connectivity index (χ1n) is 7.30. The third kappa shape index (κ3) is 2.02. The Morgan fingerprint density at radius 3 is 2.87 bits per heavy atom. The van der Waals surface area contributed by atoms with Gasteiger partial charge in [-0.3, -0.25) is 4.79 Å². The van der Waals surface area contributed by atoms with Gasteiger partial charge in [-0.15, -0.1) is 0 Å². The molecule has 2 aromatic carbocycles. The molecule has 4 rings (SSSR count). The first-order valence-corrected chi connectivity index (χ1v) is 8.06. The molecule has 0 saturated carbocycles. The zero-order chi connectivity index (χ0) is 16.2. The molecule has 1 spiro atoms. The number of rotatable bonds is 1. The summed E-state index contributed by atoms with van der Waals surface area (Å²) in [6.45, 7) is 0.955. The van der Waals surface area contributed by atoms with E-state index in [1.165, 1.54) is 6.07 Å². The molecule has 0 bridgehead atoms. The van der Waals surface area contributed by atoms with Crippen LogP contribution in [0.4, 0.5) is 10.1 Å². The third-order valence-corrected chi connectivity index (χ3v) is 5.35. The molecule has 2 aliphatic heterocycles. The number of fused-ring (bicyclic) bond motifs is 2. The van der Waals surface area contributed by atoms with Gasteiger partial charge >= 0.3 is 0 Å². The lowest BCUT2D eigenvalue weighted by Crippen LogP contribution is -2.41. The van der Waals surface area contributed by atoms with Crippen LogP contribution in [0.3, 0.4) is 0 Å². The van der Waals surface area contributed by atoms with Crippen molar-refractivity contribution >= 4 is 34.8 Å². The van der Waals surface area contributed by atoms with E-state index in [2.05, 4.69) is 10.6 Å². The molecule has 2 atom stereocenters. The molecule has 2 N–H and O–H groups in total. The Morgan fingerprint density at radius 2 is 2.04 bits per heavy atom. The molecule has 2 aromatic rings. The van der Waals surface area contributed by atoms with Crippen LogP contribution in [0.15, 0.2) is 36.4 Å². The van der Waals surface area contributed by atoms with Crippen LogP contribution in [-0.2, 0) is 10.2 Å². The fourth-order valence-electron chi connectivity index (χ4n) is 3.76. The lowest BCUT2D eigenvalue weighted by atomic mass is 9.70. The number of carbonyl (C=O) groups is 1. The van der Waals surface area contributed by atoms with Crippen molar-refractivity contribution in [2.45, 2.75) is 11.3 Å². The second kappa shape index (κ2) is 5.20. The summed E-state index contributed by atoms with van der Waals surface area (Å²) in [5.74, 6) is -0.926. The molecule has 3 nitrogen and oxygen atoms in total. The van der Waals surface area contributed by atoms with E-state index in [4.69, 9.17) is 23.2 Å². The minimum atomic E-state index is -0.842. The Morgan fingerprint density at radius 1 is 1.22 bits per heavy atom. The molecule has 0 aromatic heterocycles. The van der Waals surface area contributed by atoms with Crippen molar-refractivity contribution in [3.63, 3.8) is 0 Å². The normalized spacial score (nSPS) is 25.7. The van der Waals surface area contributed by atoms with Crippen LogP contribution in [0.1, 0.15) is 17.0 Å². The van der Waals surface area contributed by atoms with Gasteiger partial charge in [-0.25, -0.2) is 4.39 Å². The van der Waals surface area contributed by atoms with E-state index in [-0.39, 0.29) is 16.8 Å². The minimum absolute atomic E-state index is 0.0688. The fraction of sp³-hybridized carbons (Fsp3) is 0.235. The molecular weight excluding hydrogens is 338 g/mol. The molecule has 118 valence electrons. The number of hydrogen-bond donors (Lipinski definition) is 2. The van der Waals surface area contributed by atoms with Gasteiger partial charge < -0.3 is 10.6 Å². The van der Waals surface area contributed by atoms with Crippen LogP contribution < -0.4 is 10.6 Å². The predicted molar refractivity (Wildman–Crippen MR) is 88.8 cm³/mol. The molecular formula is C17H13Cl2FN2O. The minimum Gasteiger partial charge on any atom is -0.325 e. The van der Waals surface area contributed by atoms with Crippen molar-refractivity contribution in [2.75, 3.05) is 18.4 Å². The largest absolute Gasteiger partial charge is 0.325 e. The van der Waals surface area contributed by atoms with Gasteiger partial charge in [0.1, 0.15) is 5.82 Å². The van der Waals surface area contributed by atoms with Crippen LogP contribution in [-0.4, -0.2) is 19.0 Å². The molecule has 23 heavy (non-hydrogen) atoms. The van der Waals surface area contributed by atoms with E-state index < -0.39 is 11.2 Å². The number of carbonyl (C=O) groups excluding carboxylic acids is 1. The van der Waals surface area contributed by atoms with Gasteiger partial charge in [-0.1, -0.05) is 41.4 Å². The molecule has 1 saturated heterocycles. The lowest BCUT2D eigenvalue weighted by Gasteiger charge is -2.29. The Balaban J connectivity index is 1.91. The summed E-state index contributed by atoms with van der Waals surface area (Å²) in [5, 5.41) is 6.74. The Labute approximate surface area is 142 Å². The average Bonchev–Trinajstić information content (AvgIpc) is 3.06. The third-order valence-electron chi connectivity index (χ3n) is 4.82. The van der Waals surface area contributed by atoms with E-state index in [1.54, 1.807) is 24.3 Å². The number of amides is 1. The number of hydrogen-bond acceptors (Lipinski definition) is 2. The molecule has 0 unspecified atom stereocenters. The summed E-state index contributed by atoms with van der Waals surface area (Å²) >= 11 is 12.0. The van der Waals surface area contributed by atoms with Crippen molar-refractivity contribution in [2.24, 2.45) is 0 Å². The van der Waals surface area contributed by atoms with E-state index in [9.17, 15) is 9.18 Å². The quantitative estimate of drug-likeness (QED) is 0.823. The maximum absolute atomic E-state index is 14.5. The van der Waals surface area contributed by atoms with Gasteiger partial charge in [-0.2, -0.15) is 0 Å². The number of benzene rings is 2. The Hall–Kier alpha value is -1.62. The van der Waals surface area contributed by atoms with Gasteiger partial charge in [0.05, 0.1) is 10.4 Å². The van der Waals surface area contributed by atoms with Crippen molar-refractivity contribution < 1.29 is 9.18 Å². The van der Waals surface area contributed by atoms with Gasteiger partial charge in [-0.05, 0) is 29.3 Å². The summed E-state index contributed by atoms with van der Waals surface area (Å²) in [6.07, 6.45) is 0. The summed E-state index contributed by atoms with van der Waals surface area (Å²) in [5.41, 5.74) is 1.16. The van der Waals surface area contributed by atoms with E-state index in [0.29, 0.717) is 29.4 Å². The summed E-state index contributed by atoms with van der Waals surface area (Å²) in [7, 11) is 0. The first-order chi connectivity index (χ1) is 11.0. The molecule has 0 radical (unpaired) electrons. The average molecular weight is 351 g/mol. The summed E-state index contributed by atoms with van der Waals surface area (Å²) < 4.78 is 14.5. The second-order valence-corrected chi connectivity index (χ2v) is 6.79. The Bertz CT molecular complexity index is 826. The standard InChI is InChI=1S/C17H13Cl2FN2O/c18-9-4-5-11-14(6-9)22-16(23)17(11)8-21-7-12(17)10-2-1-3-13(19)15(10)20/h1-6,12,21H,7-8H2,(H,22,23)/t12-,17+/m1/s1. The SMILES string of the molecule is O=C1Nc2cc(Cl)ccc2[C@]12CNC[C@@H]2c1cccc(Cl)c1F. The van der Waals surface area contributed by atoms with Crippen molar-refractivity contribution in [1.29, 1.82) is 0 Å². The van der Waals surface area contributed by atoms with Crippen molar-refractivity contribution in [3.8, 4) is 0 Å². The zero-order valence-electron chi connectivity index (χ0n) is 12.0. The van der Waals surface area contributed by atoms with Crippen LogP contribution in [0.2, 0.25) is 10.0 Å². The molecule has 2 aliphatic rings. The zero-order valence-corrected chi connectivity index (χ0v) is 13.5. The first kappa shape index (κ1) is 14.9. The number of anilines is 1. The number of halogens is 3. The fourth-order valence-corrected chi connectivity index (χ4v) is 4.12. The highest BCUT2D eigenvalue weighted by atomic mass is 35.5. The molecule has 2 heterocycles.